The van der Waals surface area contributed by atoms with E-state index in [2.05, 4.69) is 125 Å². The fourth-order valence-electron chi connectivity index (χ4n) is 2.39. The van der Waals surface area contributed by atoms with Crippen molar-refractivity contribution in [1.29, 1.82) is 0 Å². The molecule has 0 saturated carbocycles. The highest BCUT2D eigenvalue weighted by Crippen LogP contribution is 2.30. The molecule has 2 aromatic carbocycles. The van der Waals surface area contributed by atoms with Crippen LogP contribution < -0.4 is 0 Å². The summed E-state index contributed by atoms with van der Waals surface area (Å²) < 4.78 is 6.91. The highest BCUT2D eigenvalue weighted by atomic mass is 32.1. The zero-order valence-corrected chi connectivity index (χ0v) is 30.1. The Labute approximate surface area is 259 Å². The number of nitrogens with zero attached hydrogens (tertiary/aromatic N) is 2. The molecule has 4 aromatic rings. The molecule has 4 rings (SSSR count). The van der Waals surface area contributed by atoms with Crippen LogP contribution in [0.5, 0.6) is 0 Å². The second-order valence-corrected chi connectivity index (χ2v) is 15.5. The van der Waals surface area contributed by atoms with Crippen LogP contribution in [0.2, 0.25) is 0 Å². The third kappa shape index (κ3) is 21.2. The number of thiazole rings is 1. The molecule has 0 aliphatic carbocycles. The topological polar surface area (TPSA) is 38.9 Å². The Morgan fingerprint density at radius 2 is 0.927 bits per heavy atom. The second-order valence-electron chi connectivity index (χ2n) is 14.5. The number of fused-ring (bicyclic) bond motifs is 2. The van der Waals surface area contributed by atoms with Gasteiger partial charge in [-0.25, -0.2) is 9.97 Å². The molecule has 2 aromatic heterocycles. The number of para-hydroxylation sites is 3. The molecule has 0 amide bonds. The van der Waals surface area contributed by atoms with Crippen LogP contribution in [-0.2, 0) is 10.8 Å². The maximum Gasteiger partial charge on any atom is 0.200 e. The van der Waals surface area contributed by atoms with Gasteiger partial charge in [0.2, 0.25) is 5.89 Å². The molecule has 0 aliphatic heterocycles. The number of benzene rings is 2. The van der Waals surface area contributed by atoms with Gasteiger partial charge < -0.3 is 4.42 Å². The van der Waals surface area contributed by atoms with E-state index in [-0.39, 0.29) is 18.3 Å². The third-order valence-corrected chi connectivity index (χ3v) is 5.33. The average molecular weight is 587 g/mol. The molecule has 0 atom stereocenters. The molecule has 0 saturated heterocycles. The van der Waals surface area contributed by atoms with Crippen molar-refractivity contribution < 1.29 is 4.42 Å². The molecular weight excluding hydrogens is 520 g/mol. The molecule has 236 valence electrons. The highest BCUT2D eigenvalue weighted by molar-refractivity contribution is 7.18. The first-order valence-corrected chi connectivity index (χ1v) is 15.7. The van der Waals surface area contributed by atoms with E-state index in [1.54, 1.807) is 11.3 Å². The van der Waals surface area contributed by atoms with Gasteiger partial charge in [0, 0.05) is 10.8 Å². The number of oxazole rings is 1. The molecule has 0 fully saturated rings. The minimum atomic E-state index is -0.0149. The van der Waals surface area contributed by atoms with Gasteiger partial charge in [-0.05, 0) is 35.1 Å². The van der Waals surface area contributed by atoms with Crippen LogP contribution >= 0.6 is 11.3 Å². The summed E-state index contributed by atoms with van der Waals surface area (Å²) in [6, 6.07) is 16.1. The molecule has 0 spiro atoms. The fraction of sp³-hybridized carbons (Fsp3) is 0.622. The SMILES string of the molecule is C.CC.CC.CC(C)(C)C.CC(C)(C)C.CC(C)(C)c1nc2ccccc2o1.CC(C)(C)c1nc2ccccc2s1. The second kappa shape index (κ2) is 19.1. The van der Waals surface area contributed by atoms with Crippen molar-refractivity contribution in [2.75, 3.05) is 0 Å². The molecule has 4 heteroatoms. The Hall–Kier alpha value is -2.20. The van der Waals surface area contributed by atoms with E-state index < -0.39 is 0 Å². The van der Waals surface area contributed by atoms with E-state index in [9.17, 15) is 0 Å². The van der Waals surface area contributed by atoms with E-state index in [0.717, 1.165) is 22.5 Å². The van der Waals surface area contributed by atoms with Gasteiger partial charge in [0.1, 0.15) is 5.52 Å². The van der Waals surface area contributed by atoms with E-state index in [1.807, 2.05) is 58.0 Å². The lowest BCUT2D eigenvalue weighted by Crippen LogP contribution is -2.10. The lowest BCUT2D eigenvalue weighted by Gasteiger charge is -2.13. The number of hydrogen-bond acceptors (Lipinski definition) is 4. The predicted octanol–water partition coefficient (Wildman–Crippen LogP) is 13.5. The number of hydrogen-bond donors (Lipinski definition) is 0. The van der Waals surface area contributed by atoms with Crippen molar-refractivity contribution in [1.82, 2.24) is 9.97 Å². The zero-order chi connectivity index (χ0) is 31.9. The van der Waals surface area contributed by atoms with E-state index in [0.29, 0.717) is 10.8 Å². The van der Waals surface area contributed by atoms with E-state index in [4.69, 9.17) is 4.42 Å². The van der Waals surface area contributed by atoms with Crippen LogP contribution in [0.25, 0.3) is 21.3 Å². The van der Waals surface area contributed by atoms with Gasteiger partial charge >= 0.3 is 0 Å². The van der Waals surface area contributed by atoms with Crippen LogP contribution in [0, 0.1) is 10.8 Å². The Balaban J connectivity index is -0.000000484. The highest BCUT2D eigenvalue weighted by Gasteiger charge is 2.20. The molecule has 0 N–H and O–H groups in total. The van der Waals surface area contributed by atoms with Crippen LogP contribution in [0.4, 0.5) is 0 Å². The van der Waals surface area contributed by atoms with Gasteiger partial charge in [-0.15, -0.1) is 11.3 Å². The molecule has 2 heterocycles. The Bertz CT molecular complexity index is 1020. The van der Waals surface area contributed by atoms with Gasteiger partial charge in [-0.2, -0.15) is 0 Å². The summed E-state index contributed by atoms with van der Waals surface area (Å²) in [4.78, 5) is 9.02. The van der Waals surface area contributed by atoms with Crippen molar-refractivity contribution in [2.45, 2.75) is 143 Å². The van der Waals surface area contributed by atoms with Crippen molar-refractivity contribution in [3.8, 4) is 0 Å². The molecule has 0 bridgehead atoms. The Morgan fingerprint density at radius 1 is 0.537 bits per heavy atom. The van der Waals surface area contributed by atoms with Gasteiger partial charge in [0.25, 0.3) is 0 Å². The summed E-state index contributed by atoms with van der Waals surface area (Å²) in [5.74, 6) is 0.800. The standard InChI is InChI=1S/C11H13NO.C11H13NS.2C5H12.2C2H6.CH4/c2*1-11(2,3)10-12-8-6-4-5-7-9(8)13-10;2*1-5(2,3)4;2*1-2;/h2*4-7H,1-3H3;2*1-4H3;2*1-2H3;1H4. The smallest absolute Gasteiger partial charge is 0.200 e. The lowest BCUT2D eigenvalue weighted by atomic mass is 9.97. The first-order valence-electron chi connectivity index (χ1n) is 14.9. The molecule has 0 radical (unpaired) electrons. The van der Waals surface area contributed by atoms with Crippen molar-refractivity contribution >= 4 is 32.7 Å². The largest absolute Gasteiger partial charge is 0.440 e. The van der Waals surface area contributed by atoms with Gasteiger partial charge in [-0.1, -0.05) is 156 Å². The number of aromatic nitrogens is 2. The van der Waals surface area contributed by atoms with Crippen molar-refractivity contribution in [2.24, 2.45) is 10.8 Å². The van der Waals surface area contributed by atoms with Crippen LogP contribution in [0.15, 0.2) is 52.9 Å². The van der Waals surface area contributed by atoms with Gasteiger partial charge in [-0.3, -0.25) is 0 Å². The molecule has 0 aliphatic rings. The maximum absolute atomic E-state index is 5.62. The minimum Gasteiger partial charge on any atom is -0.440 e. The quantitative estimate of drug-likeness (QED) is 0.206. The lowest BCUT2D eigenvalue weighted by molar-refractivity contribution is 0.411. The first-order chi connectivity index (χ1) is 18.1. The summed E-state index contributed by atoms with van der Waals surface area (Å²) >= 11 is 1.79. The first kappa shape index (κ1) is 43.3. The van der Waals surface area contributed by atoms with E-state index >= 15 is 0 Å². The summed E-state index contributed by atoms with van der Waals surface area (Å²) in [6.45, 7) is 38.4. The summed E-state index contributed by atoms with van der Waals surface area (Å²) in [6.07, 6.45) is 0. The molecule has 41 heavy (non-hydrogen) atoms. The average Bonchev–Trinajstić information content (AvgIpc) is 3.44. The minimum absolute atomic E-state index is 0. The van der Waals surface area contributed by atoms with Crippen molar-refractivity contribution in [3.05, 3.63) is 59.4 Å². The summed E-state index contributed by atoms with van der Waals surface area (Å²) in [5, 5.41) is 1.22. The Morgan fingerprint density at radius 3 is 1.29 bits per heavy atom. The zero-order valence-electron chi connectivity index (χ0n) is 29.3. The molecular formula is C37H66N2OS. The van der Waals surface area contributed by atoms with E-state index in [1.165, 1.54) is 9.71 Å². The summed E-state index contributed by atoms with van der Waals surface area (Å²) in [5.41, 5.74) is 4.08. The van der Waals surface area contributed by atoms with Crippen LogP contribution in [0.3, 0.4) is 0 Å². The third-order valence-electron chi connectivity index (χ3n) is 3.87. The van der Waals surface area contributed by atoms with Gasteiger partial charge in [0.05, 0.1) is 15.2 Å². The summed E-state index contributed by atoms with van der Waals surface area (Å²) in [7, 11) is 0. The molecule has 3 nitrogen and oxygen atoms in total. The van der Waals surface area contributed by atoms with Crippen LogP contribution in [0.1, 0.15) is 143 Å². The number of rotatable bonds is 0. The fourth-order valence-corrected chi connectivity index (χ4v) is 3.41. The normalized spacial score (nSPS) is 11.0. The van der Waals surface area contributed by atoms with Gasteiger partial charge in [0.15, 0.2) is 5.58 Å². The maximum atomic E-state index is 5.62. The van der Waals surface area contributed by atoms with Crippen molar-refractivity contribution in [3.63, 3.8) is 0 Å². The Kier molecular flexibility index (Phi) is 20.1. The van der Waals surface area contributed by atoms with Crippen LogP contribution in [-0.4, -0.2) is 9.97 Å². The predicted molar refractivity (Wildman–Crippen MR) is 191 cm³/mol. The molecule has 0 unspecified atom stereocenters. The monoisotopic (exact) mass is 586 g/mol.